The van der Waals surface area contributed by atoms with E-state index in [1.165, 1.54) is 16.8 Å². The van der Waals surface area contributed by atoms with Crippen LogP contribution in [0.2, 0.25) is 0 Å². The summed E-state index contributed by atoms with van der Waals surface area (Å²) in [5.74, 6) is 0.960. The van der Waals surface area contributed by atoms with Crippen molar-refractivity contribution in [1.82, 2.24) is 20.0 Å². The van der Waals surface area contributed by atoms with Gasteiger partial charge in [-0.15, -0.1) is 0 Å². The predicted molar refractivity (Wildman–Crippen MR) is 106 cm³/mol. The summed E-state index contributed by atoms with van der Waals surface area (Å²) in [6.07, 6.45) is 0. The molecule has 2 aromatic rings. The molecule has 0 fully saturated rings. The first kappa shape index (κ1) is 18.5. The molecule has 1 N–H and O–H groups in total. The molecule has 0 radical (unpaired) electrons. The van der Waals surface area contributed by atoms with E-state index in [0.717, 1.165) is 36.8 Å². The average molecular weight is 354 g/mol. The number of rotatable bonds is 6. The van der Waals surface area contributed by atoms with Gasteiger partial charge in [0.2, 0.25) is 0 Å². The first-order valence-corrected chi connectivity index (χ1v) is 9.14. The molecule has 0 amide bonds. The van der Waals surface area contributed by atoms with E-state index < -0.39 is 0 Å². The van der Waals surface area contributed by atoms with Gasteiger partial charge < -0.3 is 9.64 Å². The van der Waals surface area contributed by atoms with Crippen LogP contribution < -0.4 is 4.74 Å². The topological polar surface area (TPSA) is 44.4 Å². The van der Waals surface area contributed by atoms with E-state index in [2.05, 4.69) is 66.5 Å². The fourth-order valence-electron chi connectivity index (χ4n) is 3.36. The lowest BCUT2D eigenvalue weighted by Crippen LogP contribution is -2.24. The summed E-state index contributed by atoms with van der Waals surface area (Å²) in [6.45, 7) is 14.1. The van der Waals surface area contributed by atoms with Crippen molar-refractivity contribution in [2.45, 2.75) is 39.3 Å². The maximum Gasteiger partial charge on any atom is 0.123 e. The number of aromatic nitrogens is 2. The number of hydrogen-bond acceptors (Lipinski definition) is 4. The Hall–Kier alpha value is -2.27. The second-order valence-corrected chi connectivity index (χ2v) is 8.16. The molecule has 140 valence electrons. The predicted octanol–water partition coefficient (Wildman–Crippen LogP) is 3.63. The molecule has 26 heavy (non-hydrogen) atoms. The highest BCUT2D eigenvalue weighted by Crippen LogP contribution is 2.31. The quantitative estimate of drug-likeness (QED) is 0.860. The summed E-state index contributed by atoms with van der Waals surface area (Å²) in [6, 6.07) is 8.28. The van der Waals surface area contributed by atoms with Crippen LogP contribution in [-0.2, 0) is 18.5 Å². The van der Waals surface area contributed by atoms with Gasteiger partial charge in [-0.3, -0.25) is 10.00 Å². The molecule has 1 aromatic heterocycles. The number of H-pyrrole nitrogens is 1. The molecule has 0 aliphatic carbocycles. The maximum absolute atomic E-state index is 6.09. The van der Waals surface area contributed by atoms with Crippen LogP contribution in [0.25, 0.3) is 5.70 Å². The molecule has 2 heterocycles. The molecule has 1 aromatic carbocycles. The SMILES string of the molecule is C=C(c1n[nH]c2c1CN(C)C2)N(C)CCOc1ccccc1C(C)(C)C. The van der Waals surface area contributed by atoms with Crippen LogP contribution in [0.1, 0.15) is 43.3 Å². The third-order valence-electron chi connectivity index (χ3n) is 4.92. The molecule has 0 saturated heterocycles. The number of nitrogens with one attached hydrogen (secondary N) is 1. The van der Waals surface area contributed by atoms with Gasteiger partial charge in [-0.2, -0.15) is 5.10 Å². The van der Waals surface area contributed by atoms with E-state index in [1.54, 1.807) is 0 Å². The number of fused-ring (bicyclic) bond motifs is 1. The number of hydrogen-bond donors (Lipinski definition) is 1. The lowest BCUT2D eigenvalue weighted by atomic mass is 9.86. The highest BCUT2D eigenvalue weighted by atomic mass is 16.5. The summed E-state index contributed by atoms with van der Waals surface area (Å²) in [7, 11) is 4.16. The minimum absolute atomic E-state index is 0.0632. The van der Waals surface area contributed by atoms with Crippen LogP contribution in [0, 0.1) is 0 Å². The molecule has 0 atom stereocenters. The summed E-state index contributed by atoms with van der Waals surface area (Å²) in [5, 5.41) is 7.62. The van der Waals surface area contributed by atoms with Gasteiger partial charge in [-0.25, -0.2) is 0 Å². The number of aromatic amines is 1. The van der Waals surface area contributed by atoms with Crippen LogP contribution in [0.15, 0.2) is 30.8 Å². The maximum atomic E-state index is 6.09. The van der Waals surface area contributed by atoms with Gasteiger partial charge in [0.05, 0.1) is 17.9 Å². The number of nitrogens with zero attached hydrogens (tertiary/aromatic N) is 3. The minimum atomic E-state index is 0.0632. The molecule has 5 heteroatoms. The van der Waals surface area contributed by atoms with Gasteiger partial charge in [0.15, 0.2) is 0 Å². The largest absolute Gasteiger partial charge is 0.491 e. The molecule has 0 unspecified atom stereocenters. The summed E-state index contributed by atoms with van der Waals surface area (Å²) >= 11 is 0. The Kier molecular flexibility index (Phi) is 5.10. The number of likely N-dealkylation sites (N-methyl/N-ethyl adjacent to an activating group) is 1. The fraction of sp³-hybridized carbons (Fsp3) is 0.476. The molecule has 1 aliphatic rings. The van der Waals surface area contributed by atoms with Gasteiger partial charge in [-0.1, -0.05) is 45.5 Å². The highest BCUT2D eigenvalue weighted by molar-refractivity contribution is 5.62. The Morgan fingerprint density at radius 1 is 1.31 bits per heavy atom. The second-order valence-electron chi connectivity index (χ2n) is 8.16. The molecular formula is C21H30N4O. The summed E-state index contributed by atoms with van der Waals surface area (Å²) in [4.78, 5) is 4.39. The van der Waals surface area contributed by atoms with Crippen LogP contribution in [0.5, 0.6) is 5.75 Å². The van der Waals surface area contributed by atoms with Crippen molar-refractivity contribution >= 4 is 5.70 Å². The number of para-hydroxylation sites is 1. The van der Waals surface area contributed by atoms with Crippen molar-refractivity contribution in [3.05, 3.63) is 53.4 Å². The van der Waals surface area contributed by atoms with Gasteiger partial charge in [0.1, 0.15) is 18.1 Å². The van der Waals surface area contributed by atoms with Crippen molar-refractivity contribution < 1.29 is 4.74 Å². The second kappa shape index (κ2) is 7.16. The zero-order chi connectivity index (χ0) is 18.9. The third-order valence-corrected chi connectivity index (χ3v) is 4.92. The molecule has 3 rings (SSSR count). The van der Waals surface area contributed by atoms with Gasteiger partial charge in [0.25, 0.3) is 0 Å². The molecule has 0 bridgehead atoms. The molecule has 0 saturated carbocycles. The van der Waals surface area contributed by atoms with Gasteiger partial charge >= 0.3 is 0 Å². The number of ether oxygens (including phenoxy) is 1. The third kappa shape index (κ3) is 3.78. The lowest BCUT2D eigenvalue weighted by molar-refractivity contribution is 0.273. The van der Waals surface area contributed by atoms with Crippen LogP contribution in [-0.4, -0.2) is 47.2 Å². The summed E-state index contributed by atoms with van der Waals surface area (Å²) in [5.41, 5.74) is 5.67. The van der Waals surface area contributed by atoms with Crippen LogP contribution in [0.4, 0.5) is 0 Å². The zero-order valence-electron chi connectivity index (χ0n) is 16.6. The zero-order valence-corrected chi connectivity index (χ0v) is 16.6. The summed E-state index contributed by atoms with van der Waals surface area (Å²) < 4.78 is 6.09. The Labute approximate surface area is 156 Å². The Bertz CT molecular complexity index is 788. The van der Waals surface area contributed by atoms with Crippen LogP contribution in [0.3, 0.4) is 0 Å². The first-order valence-electron chi connectivity index (χ1n) is 9.14. The lowest BCUT2D eigenvalue weighted by Gasteiger charge is -2.24. The monoisotopic (exact) mass is 354 g/mol. The highest BCUT2D eigenvalue weighted by Gasteiger charge is 2.24. The van der Waals surface area contributed by atoms with Crippen molar-refractivity contribution in [3.8, 4) is 5.75 Å². The average Bonchev–Trinajstić information content (AvgIpc) is 3.12. The molecule has 5 nitrogen and oxygen atoms in total. The first-order chi connectivity index (χ1) is 12.3. The fourth-order valence-corrected chi connectivity index (χ4v) is 3.36. The van der Waals surface area contributed by atoms with E-state index in [9.17, 15) is 0 Å². The van der Waals surface area contributed by atoms with E-state index in [1.807, 2.05) is 19.2 Å². The van der Waals surface area contributed by atoms with Crippen LogP contribution >= 0.6 is 0 Å². The molecule has 1 aliphatic heterocycles. The van der Waals surface area contributed by atoms with E-state index in [4.69, 9.17) is 4.74 Å². The van der Waals surface area contributed by atoms with Crippen molar-refractivity contribution in [3.63, 3.8) is 0 Å². The molecular weight excluding hydrogens is 324 g/mol. The standard InChI is InChI=1S/C21H30N4O/c1-15(20-16-13-24(5)14-18(16)22-23-20)25(6)11-12-26-19-10-8-7-9-17(19)21(2,3)4/h7-10H,1,11-14H2,2-6H3,(H,22,23). The normalized spacial score (nSPS) is 14.3. The smallest absolute Gasteiger partial charge is 0.123 e. The Morgan fingerprint density at radius 3 is 2.77 bits per heavy atom. The van der Waals surface area contributed by atoms with Gasteiger partial charge in [0, 0.05) is 25.7 Å². The number of benzene rings is 1. The van der Waals surface area contributed by atoms with E-state index in [0.29, 0.717) is 6.61 Å². The van der Waals surface area contributed by atoms with Crippen molar-refractivity contribution in [1.29, 1.82) is 0 Å². The van der Waals surface area contributed by atoms with Crippen molar-refractivity contribution in [2.24, 2.45) is 0 Å². The molecule has 0 spiro atoms. The van der Waals surface area contributed by atoms with E-state index in [-0.39, 0.29) is 5.41 Å². The van der Waals surface area contributed by atoms with Crippen molar-refractivity contribution in [2.75, 3.05) is 27.2 Å². The Morgan fingerprint density at radius 2 is 2.04 bits per heavy atom. The van der Waals surface area contributed by atoms with Gasteiger partial charge in [-0.05, 0) is 24.1 Å². The Balaban J connectivity index is 1.60. The minimum Gasteiger partial charge on any atom is -0.491 e. The van der Waals surface area contributed by atoms with E-state index >= 15 is 0 Å².